The van der Waals surface area contributed by atoms with Gasteiger partial charge in [-0.1, -0.05) is 12.1 Å². The molecule has 1 aromatic carbocycles. The molecule has 0 spiro atoms. The van der Waals surface area contributed by atoms with Crippen LogP contribution in [0, 0.1) is 5.92 Å². The Labute approximate surface area is 122 Å². The van der Waals surface area contributed by atoms with Crippen molar-refractivity contribution < 1.29 is 9.90 Å². The molecule has 19 heavy (non-hydrogen) atoms. The molecule has 1 aliphatic carbocycles. The molecule has 0 unspecified atom stereocenters. The van der Waals surface area contributed by atoms with Gasteiger partial charge in [0.05, 0.1) is 5.56 Å². The Bertz CT molecular complexity index is 442. The Morgan fingerprint density at radius 3 is 2.53 bits per heavy atom. The summed E-state index contributed by atoms with van der Waals surface area (Å²) < 4.78 is 0.843. The molecule has 104 valence electrons. The van der Waals surface area contributed by atoms with E-state index in [-0.39, 0.29) is 12.5 Å². The number of benzene rings is 1. The topological polar surface area (TPSA) is 40.5 Å². The molecule has 1 N–H and O–H groups in total. The van der Waals surface area contributed by atoms with Gasteiger partial charge >= 0.3 is 0 Å². The van der Waals surface area contributed by atoms with E-state index in [1.807, 2.05) is 36.2 Å². The molecule has 0 aliphatic heterocycles. The Balaban J connectivity index is 2.02. The quantitative estimate of drug-likeness (QED) is 0.927. The lowest BCUT2D eigenvalue weighted by Crippen LogP contribution is -2.40. The first-order valence-corrected chi connectivity index (χ1v) is 7.55. The van der Waals surface area contributed by atoms with Gasteiger partial charge in [0.2, 0.25) is 0 Å². The van der Waals surface area contributed by atoms with Crippen molar-refractivity contribution in [1.29, 1.82) is 0 Å². The third-order valence-electron chi connectivity index (χ3n) is 4.05. The first-order chi connectivity index (χ1) is 9.13. The van der Waals surface area contributed by atoms with Gasteiger partial charge < -0.3 is 10.0 Å². The standard InChI is InChI=1S/C15H20BrNO2/c1-17(12-8-6-11(10-18)7-9-12)15(19)13-4-2-3-5-14(13)16/h2-5,11-12,18H,6-10H2,1H3. The highest BCUT2D eigenvalue weighted by molar-refractivity contribution is 9.10. The van der Waals surface area contributed by atoms with Crippen LogP contribution in [0.1, 0.15) is 36.0 Å². The fourth-order valence-corrected chi connectivity index (χ4v) is 3.16. The maximum Gasteiger partial charge on any atom is 0.254 e. The highest BCUT2D eigenvalue weighted by Crippen LogP contribution is 2.28. The van der Waals surface area contributed by atoms with Crippen molar-refractivity contribution in [2.24, 2.45) is 5.92 Å². The third kappa shape index (κ3) is 3.37. The summed E-state index contributed by atoms with van der Waals surface area (Å²) >= 11 is 3.43. The number of halogens is 1. The lowest BCUT2D eigenvalue weighted by atomic mass is 9.86. The lowest BCUT2D eigenvalue weighted by Gasteiger charge is -2.34. The minimum atomic E-state index is 0.0694. The number of nitrogens with zero attached hydrogens (tertiary/aromatic N) is 1. The zero-order chi connectivity index (χ0) is 13.8. The molecule has 1 amide bonds. The van der Waals surface area contributed by atoms with Gasteiger partial charge in [-0.25, -0.2) is 0 Å². The fourth-order valence-electron chi connectivity index (χ4n) is 2.71. The van der Waals surface area contributed by atoms with Crippen LogP contribution in [0.4, 0.5) is 0 Å². The average molecular weight is 326 g/mol. The van der Waals surface area contributed by atoms with Gasteiger partial charge in [0.25, 0.3) is 5.91 Å². The molecule has 3 nitrogen and oxygen atoms in total. The molecule has 0 aromatic heterocycles. The Morgan fingerprint density at radius 1 is 1.32 bits per heavy atom. The van der Waals surface area contributed by atoms with Crippen molar-refractivity contribution in [3.8, 4) is 0 Å². The lowest BCUT2D eigenvalue weighted by molar-refractivity contribution is 0.0652. The third-order valence-corrected chi connectivity index (χ3v) is 4.74. The van der Waals surface area contributed by atoms with E-state index in [1.54, 1.807) is 0 Å². The van der Waals surface area contributed by atoms with E-state index in [0.29, 0.717) is 17.5 Å². The molecule has 1 aliphatic rings. The summed E-state index contributed by atoms with van der Waals surface area (Å²) in [7, 11) is 1.88. The summed E-state index contributed by atoms with van der Waals surface area (Å²) in [6.07, 6.45) is 3.99. The second-order valence-electron chi connectivity index (χ2n) is 5.25. The van der Waals surface area contributed by atoms with Crippen molar-refractivity contribution in [3.63, 3.8) is 0 Å². The van der Waals surface area contributed by atoms with Crippen LogP contribution in [0.5, 0.6) is 0 Å². The van der Waals surface area contributed by atoms with Crippen LogP contribution in [0.2, 0.25) is 0 Å². The smallest absolute Gasteiger partial charge is 0.254 e. The Morgan fingerprint density at radius 2 is 1.95 bits per heavy atom. The van der Waals surface area contributed by atoms with E-state index in [2.05, 4.69) is 15.9 Å². The molecule has 0 bridgehead atoms. The molecule has 1 fully saturated rings. The van der Waals surface area contributed by atoms with Crippen LogP contribution in [0.15, 0.2) is 28.7 Å². The largest absolute Gasteiger partial charge is 0.396 e. The first-order valence-electron chi connectivity index (χ1n) is 6.76. The molecule has 4 heteroatoms. The molecule has 0 atom stereocenters. The zero-order valence-corrected chi connectivity index (χ0v) is 12.8. The molecular formula is C15H20BrNO2. The van der Waals surface area contributed by atoms with Crippen LogP contribution >= 0.6 is 15.9 Å². The molecule has 2 rings (SSSR count). The Hall–Kier alpha value is -0.870. The van der Waals surface area contributed by atoms with Crippen LogP contribution in [0.25, 0.3) is 0 Å². The van der Waals surface area contributed by atoms with E-state index in [9.17, 15) is 4.79 Å². The van der Waals surface area contributed by atoms with E-state index < -0.39 is 0 Å². The van der Waals surface area contributed by atoms with Crippen molar-refractivity contribution >= 4 is 21.8 Å². The van der Waals surface area contributed by atoms with E-state index >= 15 is 0 Å². The molecular weight excluding hydrogens is 306 g/mol. The van der Waals surface area contributed by atoms with Gasteiger partial charge in [-0.2, -0.15) is 0 Å². The first kappa shape index (κ1) is 14.5. The second-order valence-corrected chi connectivity index (χ2v) is 6.11. The van der Waals surface area contributed by atoms with Gasteiger partial charge in [0.15, 0.2) is 0 Å². The second kappa shape index (κ2) is 6.53. The number of hydrogen-bond acceptors (Lipinski definition) is 2. The summed E-state index contributed by atoms with van der Waals surface area (Å²) in [5, 5.41) is 9.15. The van der Waals surface area contributed by atoms with Crippen LogP contribution < -0.4 is 0 Å². The van der Waals surface area contributed by atoms with Crippen LogP contribution in [0.3, 0.4) is 0 Å². The molecule has 1 aromatic rings. The van der Waals surface area contributed by atoms with Crippen LogP contribution in [-0.4, -0.2) is 35.6 Å². The van der Waals surface area contributed by atoms with Crippen molar-refractivity contribution in [3.05, 3.63) is 34.3 Å². The average Bonchev–Trinajstić information content (AvgIpc) is 2.46. The van der Waals surface area contributed by atoms with Crippen LogP contribution in [-0.2, 0) is 0 Å². The Kier molecular flexibility index (Phi) is 4.99. The van der Waals surface area contributed by atoms with Crippen molar-refractivity contribution in [2.45, 2.75) is 31.7 Å². The number of carbonyl (C=O) groups is 1. The van der Waals surface area contributed by atoms with Crippen molar-refractivity contribution in [1.82, 2.24) is 4.90 Å². The molecule has 0 saturated heterocycles. The number of amides is 1. The number of rotatable bonds is 3. The summed E-state index contributed by atoms with van der Waals surface area (Å²) in [6, 6.07) is 7.83. The SMILES string of the molecule is CN(C(=O)c1ccccc1Br)C1CCC(CO)CC1. The van der Waals surface area contributed by atoms with Gasteiger partial charge in [0.1, 0.15) is 0 Å². The highest BCUT2D eigenvalue weighted by Gasteiger charge is 2.27. The summed E-state index contributed by atoms with van der Waals surface area (Å²) in [5.41, 5.74) is 0.717. The van der Waals surface area contributed by atoms with E-state index in [0.717, 1.165) is 30.2 Å². The minimum Gasteiger partial charge on any atom is -0.396 e. The molecule has 0 radical (unpaired) electrons. The predicted octanol–water partition coefficient (Wildman–Crippen LogP) is 3.07. The number of aliphatic hydroxyl groups is 1. The molecule has 1 saturated carbocycles. The predicted molar refractivity (Wildman–Crippen MR) is 79.1 cm³/mol. The number of carbonyl (C=O) groups excluding carboxylic acids is 1. The summed E-state index contributed by atoms with van der Waals surface area (Å²) in [4.78, 5) is 14.3. The number of aliphatic hydroxyl groups excluding tert-OH is 1. The van der Waals surface area contributed by atoms with Gasteiger partial charge in [0, 0.05) is 24.2 Å². The maximum absolute atomic E-state index is 12.5. The summed E-state index contributed by atoms with van der Waals surface area (Å²) in [5.74, 6) is 0.489. The maximum atomic E-state index is 12.5. The fraction of sp³-hybridized carbons (Fsp3) is 0.533. The minimum absolute atomic E-state index is 0.0694. The zero-order valence-electron chi connectivity index (χ0n) is 11.2. The normalized spacial score (nSPS) is 23.1. The van der Waals surface area contributed by atoms with E-state index in [4.69, 9.17) is 5.11 Å². The van der Waals surface area contributed by atoms with Gasteiger partial charge in [-0.05, 0) is 59.7 Å². The number of hydrogen-bond donors (Lipinski definition) is 1. The van der Waals surface area contributed by atoms with Crippen molar-refractivity contribution in [2.75, 3.05) is 13.7 Å². The van der Waals surface area contributed by atoms with Gasteiger partial charge in [-0.15, -0.1) is 0 Å². The highest BCUT2D eigenvalue weighted by atomic mass is 79.9. The summed E-state index contributed by atoms with van der Waals surface area (Å²) in [6.45, 7) is 0.272. The van der Waals surface area contributed by atoms with Gasteiger partial charge in [-0.3, -0.25) is 4.79 Å². The molecule has 0 heterocycles. The van der Waals surface area contributed by atoms with E-state index in [1.165, 1.54) is 0 Å². The monoisotopic (exact) mass is 325 g/mol.